The number of aliphatic imine (C=N–C) groups is 2. The molecule has 4 radical (unpaired) electrons. The predicted molar refractivity (Wildman–Crippen MR) is 478 cm³/mol. The van der Waals surface area contributed by atoms with Crippen molar-refractivity contribution in [2.45, 2.75) is 106 Å². The molecule has 23 nitrogen and oxygen atoms in total. The number of carboxylic acid groups (broad SMARTS) is 1. The number of carbonyl (C=O) groups excluding carboxylic acids is 1. The van der Waals surface area contributed by atoms with Crippen molar-refractivity contribution in [2.75, 3.05) is 22.5 Å². The van der Waals surface area contributed by atoms with Crippen LogP contribution < -0.4 is 34.4 Å². The van der Waals surface area contributed by atoms with Gasteiger partial charge in [0.1, 0.15) is 34.7 Å². The number of hydrogen-bond acceptors (Lipinski definition) is 19. The van der Waals surface area contributed by atoms with Crippen molar-refractivity contribution in [1.29, 1.82) is 0 Å². The molecule has 15 N–H and O–H groups in total. The second kappa shape index (κ2) is 106. The van der Waals surface area contributed by atoms with E-state index in [4.69, 9.17) is 39.4 Å². The number of nitrogens with two attached hydrogens (primary N) is 4. The van der Waals surface area contributed by atoms with Crippen LogP contribution in [0.3, 0.4) is 0 Å². The monoisotopic (exact) mass is 2440 g/mol. The minimum absolute atomic E-state index is 0. The second-order valence-corrected chi connectivity index (χ2v) is 32.7. The van der Waals surface area contributed by atoms with Crippen LogP contribution in [0.15, 0.2) is 171 Å². The molecular formula is C57H87BBr5Cl3CuI3N18O5PSSe4+. The number of carbonyl (C=O) groups is 2. The molecule has 0 aliphatic rings. The Bertz CT molecular complexity index is 3160. The Morgan fingerprint density at radius 2 is 1.05 bits per heavy atom. The summed E-state index contributed by atoms with van der Waals surface area (Å²) in [4.78, 5) is 60.9. The van der Waals surface area contributed by atoms with Crippen molar-refractivity contribution < 1.29 is 37.5 Å². The van der Waals surface area contributed by atoms with Crippen LogP contribution in [0.2, 0.25) is 0 Å². The summed E-state index contributed by atoms with van der Waals surface area (Å²) in [6.45, 7) is 34.9. The van der Waals surface area contributed by atoms with Crippen LogP contribution >= 0.6 is 197 Å². The standard InChI is InChI=1S/C6H5BrN3Se.C6H5BrN2O.C6H3BrN2Se.C6H4BrN2.C6H5N3Se.C5H5BrN2.C5H6N2.C2H4I2.7C2H6.CH2O2.BHNS.Cl3OP.Cu.HI.H3N.H2O.Se/c7-4-2-1-3-9-5(4)10-6(8)11;2*7-5-2-1-3-8-6(5)9-4-10;1-8-6-5(7)3-2-4-9-6;7-6-9-5-4(10-6)2-1-3-8-5;6-4-2-1-3-8-5(4)7;6-5-3-1-2-4-7-5;1-2(3)4;7*1-2;2-1-3;1-2-3;1-5(2,3)4;;;;;/h1-3H,(H2,8,9,10);1-4H,(H,8,9,10);1-3H;1-4H;1-3H,(H2,7,8,9);1-3H,(H2,7,8);1-4H,(H2,6,7);2H,1H3;7*1-2H3;1H,(H,2,3);3H;;;1H;1H3;1H2;/q;;;+1;;;;;;;;;;;;;;;+1;;;;/p-1. The first-order chi connectivity index (χ1) is 45.8. The summed E-state index contributed by atoms with van der Waals surface area (Å²) in [5, 5.41) is 6.10. The zero-order chi connectivity index (χ0) is 77.3. The molecule has 0 aliphatic heterocycles. The SMILES string of the molecule is C#[N+]c1ncccc1Br.CC.CC.CC.CC.CC.CC.CC.CC(I)I.N.NC([Se])=Nc1ncccc1Br.Nc1ccccn1.Nc1nc2ncccc2[se]1.Nc1ncccc1Br.O.O=CNc1ncccc1Br.O=CO.O=P(Cl)(Cl)Cl.[B]=NS.[Cu][I].[Se].[Se]=C=Nc1ncccc1Br. The molecule has 1 amide bonds. The molecule has 0 aromatic carbocycles. The van der Waals surface area contributed by atoms with Crippen molar-refractivity contribution in [3.05, 3.63) is 162 Å². The van der Waals surface area contributed by atoms with Gasteiger partial charge < -0.3 is 33.5 Å². The van der Waals surface area contributed by atoms with E-state index < -0.39 is 5.20 Å². The summed E-state index contributed by atoms with van der Waals surface area (Å²) >= 11 is 49.1. The van der Waals surface area contributed by atoms with E-state index in [0.29, 0.717) is 46.1 Å². The van der Waals surface area contributed by atoms with Crippen molar-refractivity contribution >= 4 is 340 Å². The fraction of sp³-hybridized carbons (Fsp3) is 0.281. The number of nitrogens with one attached hydrogen (secondary N) is 1. The molecule has 0 unspecified atom stereocenters. The van der Waals surface area contributed by atoms with Gasteiger partial charge in [0.15, 0.2) is 0 Å². The molecule has 0 saturated heterocycles. The van der Waals surface area contributed by atoms with Crippen LogP contribution in [0.5, 0.6) is 0 Å². The van der Waals surface area contributed by atoms with Gasteiger partial charge in [0.25, 0.3) is 6.47 Å². The van der Waals surface area contributed by atoms with Gasteiger partial charge in [-0.2, -0.15) is 4.85 Å². The van der Waals surface area contributed by atoms with E-state index in [9.17, 15) is 9.36 Å². The van der Waals surface area contributed by atoms with Gasteiger partial charge in [-0.05, 0) is 142 Å². The first-order valence-corrected chi connectivity index (χ1v) is 44.9. The van der Waals surface area contributed by atoms with Crippen LogP contribution in [0.25, 0.3) is 14.8 Å². The normalized spacial score (nSPS) is 7.90. The molecule has 0 atom stereocenters. The number of halogens is 11. The third-order valence-electron chi connectivity index (χ3n) is 6.32. The van der Waals surface area contributed by atoms with Crippen molar-refractivity contribution in [3.8, 4) is 6.57 Å². The Balaban J connectivity index is -0.0000000663. The summed E-state index contributed by atoms with van der Waals surface area (Å²) < 4.78 is 21.9. The quantitative estimate of drug-likeness (QED) is 0.0119. The number of nitrogen functional groups attached to an aromatic ring is 3. The number of aromatic nitrogens is 8. The first-order valence-electron chi connectivity index (χ1n) is 27.2. The molecule has 0 fully saturated rings. The fourth-order valence-electron chi connectivity index (χ4n) is 3.65. The molecule has 0 bridgehead atoms. The van der Waals surface area contributed by atoms with Crippen molar-refractivity contribution in [1.82, 2.24) is 46.0 Å². The zero-order valence-electron chi connectivity index (χ0n) is 56.6. The van der Waals surface area contributed by atoms with E-state index in [0.717, 1.165) is 34.6 Å². The first kappa shape index (κ1) is 131. The molecule has 0 spiro atoms. The van der Waals surface area contributed by atoms with E-state index >= 15 is 0 Å². The van der Waals surface area contributed by atoms with Gasteiger partial charge >= 0.3 is 288 Å². The Hall–Kier alpha value is -0.978. The van der Waals surface area contributed by atoms with Gasteiger partial charge in [0, 0.05) is 35.7 Å². The summed E-state index contributed by atoms with van der Waals surface area (Å²) in [5.74, 6) is 3.40. The van der Waals surface area contributed by atoms with Crippen LogP contribution in [-0.4, -0.2) is 146 Å². The number of amidine groups is 1. The van der Waals surface area contributed by atoms with Gasteiger partial charge in [-0.3, -0.25) is 14.2 Å². The van der Waals surface area contributed by atoms with Gasteiger partial charge in [-0.15, -0.1) is 0 Å². The minimum atomic E-state index is -3.22. The molecule has 99 heavy (non-hydrogen) atoms. The van der Waals surface area contributed by atoms with Crippen molar-refractivity contribution in [2.24, 2.45) is 20.0 Å². The predicted octanol–water partition coefficient (Wildman–Crippen LogP) is 20.6. The number of nitrogens with zero attached hydrogens (tertiary/aromatic N) is 12. The number of alkyl halides is 2. The van der Waals surface area contributed by atoms with Crippen LogP contribution in [0.4, 0.5) is 39.6 Å². The van der Waals surface area contributed by atoms with Crippen LogP contribution in [0, 0.1) is 6.57 Å². The van der Waals surface area contributed by atoms with E-state index in [1.165, 1.54) is 4.26 Å². The Morgan fingerprint density at radius 1 is 0.697 bits per heavy atom. The molecular weight excluding hydrogens is 2360 g/mol. The number of thiol groups is 1. The Labute approximate surface area is 729 Å². The molecule has 560 valence electrons. The number of fused-ring (bicyclic) bond motifs is 1. The Kier molecular flexibility index (Phi) is 139. The molecule has 8 aromatic heterocycles. The molecule has 42 heteroatoms. The van der Waals surface area contributed by atoms with Crippen LogP contribution in [0.1, 0.15) is 104 Å². The van der Waals surface area contributed by atoms with Crippen molar-refractivity contribution in [3.63, 3.8) is 0 Å². The van der Waals surface area contributed by atoms with E-state index in [2.05, 4.69) is 299 Å². The maximum absolute atomic E-state index is 9.95. The average Bonchev–Trinajstić information content (AvgIpc) is 1.73. The topological polar surface area (TPSA) is 399 Å². The molecule has 8 rings (SSSR count). The van der Waals surface area contributed by atoms with E-state index in [1.54, 1.807) is 88.0 Å². The molecule has 8 aromatic rings. The fourth-order valence-corrected chi connectivity index (χ4v) is 7.13. The van der Waals surface area contributed by atoms with Gasteiger partial charge in [-0.25, -0.2) is 15.0 Å². The summed E-state index contributed by atoms with van der Waals surface area (Å²) in [6, 6.07) is 27.6. The van der Waals surface area contributed by atoms with E-state index in [-0.39, 0.29) is 49.7 Å². The van der Waals surface area contributed by atoms with Gasteiger partial charge in [0.05, 0.1) is 10.9 Å². The average molecular weight is 2440 g/mol. The van der Waals surface area contributed by atoms with Gasteiger partial charge in [-0.1, -0.05) is 148 Å². The summed E-state index contributed by atoms with van der Waals surface area (Å²) in [7, 11) is 4.34. The van der Waals surface area contributed by atoms with E-state index in [1.807, 2.05) is 164 Å². The molecule has 0 aliphatic carbocycles. The Morgan fingerprint density at radius 3 is 1.34 bits per heavy atom. The third kappa shape index (κ3) is 101. The number of amides is 1. The maximum atomic E-state index is 9.95. The zero-order valence-corrected chi connectivity index (χ0v) is 82.9. The molecule has 0 saturated carbocycles. The summed E-state index contributed by atoms with van der Waals surface area (Å²) in [6.07, 6.45) is 12.2. The van der Waals surface area contributed by atoms with Gasteiger partial charge in [0.2, 0.25) is 6.41 Å². The second-order valence-electron chi connectivity index (χ2n) is 11.9. The number of pyridine rings is 7. The summed E-state index contributed by atoms with van der Waals surface area (Å²) in [5.41, 5.74) is 22.3. The number of anilines is 4. The molecule has 8 heterocycles. The number of rotatable bonds is 4. The third-order valence-corrected chi connectivity index (χ3v) is 11.6. The van der Waals surface area contributed by atoms with Crippen LogP contribution in [-0.2, 0) is 26.9 Å². The number of hydrogen-bond donors (Lipinski definition) is 8.